The molecule has 0 aliphatic heterocycles. The first-order chi connectivity index (χ1) is 9.97. The fourth-order valence-corrected chi connectivity index (χ4v) is 3.44. The Bertz CT molecular complexity index is 649. The number of ether oxygens (including phenoxy) is 1. The Morgan fingerprint density at radius 2 is 2.14 bits per heavy atom. The Balaban J connectivity index is 2.41. The molecule has 0 radical (unpaired) electrons. The van der Waals surface area contributed by atoms with Crippen LogP contribution in [0.15, 0.2) is 18.2 Å². The quantitative estimate of drug-likeness (QED) is 0.918. The summed E-state index contributed by atoms with van der Waals surface area (Å²) >= 11 is 1.44. The molecule has 0 atom stereocenters. The van der Waals surface area contributed by atoms with E-state index < -0.39 is 0 Å². The number of carbonyl (C=O) groups excluding carboxylic acids is 1. The molecule has 21 heavy (non-hydrogen) atoms. The smallest absolute Gasteiger partial charge is 0.266 e. The molecule has 0 bridgehead atoms. The fourth-order valence-electron chi connectivity index (χ4n) is 2.32. The van der Waals surface area contributed by atoms with Gasteiger partial charge in [0, 0.05) is 23.2 Å². The van der Waals surface area contributed by atoms with Crippen molar-refractivity contribution in [1.82, 2.24) is 4.90 Å². The first kappa shape index (κ1) is 15.6. The summed E-state index contributed by atoms with van der Waals surface area (Å²) in [6, 6.07) is 5.70. The highest BCUT2D eigenvalue weighted by atomic mass is 32.1. The molecule has 1 aromatic heterocycles. The second-order valence-electron chi connectivity index (χ2n) is 5.44. The van der Waals surface area contributed by atoms with E-state index in [0.717, 1.165) is 22.4 Å². The number of anilines is 1. The van der Waals surface area contributed by atoms with E-state index in [1.165, 1.54) is 11.3 Å². The highest BCUT2D eigenvalue weighted by Gasteiger charge is 2.21. The van der Waals surface area contributed by atoms with E-state index >= 15 is 0 Å². The van der Waals surface area contributed by atoms with Gasteiger partial charge < -0.3 is 15.4 Å². The van der Waals surface area contributed by atoms with E-state index in [4.69, 9.17) is 10.5 Å². The van der Waals surface area contributed by atoms with Crippen molar-refractivity contribution >= 4 is 33.0 Å². The van der Waals surface area contributed by atoms with Crippen LogP contribution in [0.4, 0.5) is 5.69 Å². The van der Waals surface area contributed by atoms with E-state index in [2.05, 4.69) is 13.8 Å². The third-order valence-corrected chi connectivity index (χ3v) is 4.54. The van der Waals surface area contributed by atoms with E-state index in [1.54, 1.807) is 7.11 Å². The van der Waals surface area contributed by atoms with Crippen LogP contribution in [-0.4, -0.2) is 31.0 Å². The number of nitrogens with two attached hydrogens (primary N) is 1. The van der Waals surface area contributed by atoms with Gasteiger partial charge in [0.2, 0.25) is 0 Å². The summed E-state index contributed by atoms with van der Waals surface area (Å²) in [7, 11) is 1.63. The third-order valence-electron chi connectivity index (χ3n) is 3.38. The monoisotopic (exact) mass is 306 g/mol. The SMILES string of the molecule is CCN(CC(C)C)C(=O)c1sc2cc(OC)ccc2c1N. The normalized spacial score (nSPS) is 11.1. The molecular weight excluding hydrogens is 284 g/mol. The van der Waals surface area contributed by atoms with Crippen molar-refractivity contribution in [1.29, 1.82) is 0 Å². The Morgan fingerprint density at radius 3 is 2.71 bits per heavy atom. The largest absolute Gasteiger partial charge is 0.497 e. The van der Waals surface area contributed by atoms with Crippen LogP contribution >= 0.6 is 11.3 Å². The Kier molecular flexibility index (Phi) is 4.73. The van der Waals surface area contributed by atoms with Crippen LogP contribution in [0.3, 0.4) is 0 Å². The minimum absolute atomic E-state index is 0.0175. The summed E-state index contributed by atoms with van der Waals surface area (Å²) in [5.74, 6) is 1.23. The molecule has 0 aliphatic carbocycles. The molecule has 0 saturated carbocycles. The van der Waals surface area contributed by atoms with Gasteiger partial charge in [-0.1, -0.05) is 13.8 Å². The Morgan fingerprint density at radius 1 is 1.43 bits per heavy atom. The minimum Gasteiger partial charge on any atom is -0.497 e. The molecule has 2 rings (SSSR count). The topological polar surface area (TPSA) is 55.6 Å². The number of methoxy groups -OCH3 is 1. The van der Waals surface area contributed by atoms with E-state index in [0.29, 0.717) is 23.0 Å². The lowest BCUT2D eigenvalue weighted by molar-refractivity contribution is 0.0751. The van der Waals surface area contributed by atoms with Crippen LogP contribution < -0.4 is 10.5 Å². The molecule has 0 aliphatic rings. The molecule has 1 aromatic carbocycles. The van der Waals surface area contributed by atoms with Crippen molar-refractivity contribution < 1.29 is 9.53 Å². The first-order valence-electron chi connectivity index (χ1n) is 7.13. The standard InChI is InChI=1S/C16H22N2O2S/c1-5-18(9-10(2)3)16(19)15-14(17)12-7-6-11(20-4)8-13(12)21-15/h6-8,10H,5,9,17H2,1-4H3. The maximum Gasteiger partial charge on any atom is 0.266 e. The molecular formula is C16H22N2O2S. The molecule has 2 N–H and O–H groups in total. The zero-order valence-corrected chi connectivity index (χ0v) is 13.8. The van der Waals surface area contributed by atoms with Gasteiger partial charge in [-0.15, -0.1) is 11.3 Å². The lowest BCUT2D eigenvalue weighted by atomic mass is 10.2. The summed E-state index contributed by atoms with van der Waals surface area (Å²) in [5.41, 5.74) is 6.75. The van der Waals surface area contributed by atoms with Crippen LogP contribution in [-0.2, 0) is 0 Å². The number of fused-ring (bicyclic) bond motifs is 1. The summed E-state index contributed by atoms with van der Waals surface area (Å²) in [6.45, 7) is 7.64. The minimum atomic E-state index is 0.0175. The zero-order chi connectivity index (χ0) is 15.6. The van der Waals surface area contributed by atoms with Gasteiger partial charge in [-0.3, -0.25) is 4.79 Å². The Labute approximate surface area is 129 Å². The molecule has 0 unspecified atom stereocenters. The van der Waals surface area contributed by atoms with Crippen molar-refractivity contribution in [2.45, 2.75) is 20.8 Å². The number of amides is 1. The highest BCUT2D eigenvalue weighted by molar-refractivity contribution is 7.21. The summed E-state index contributed by atoms with van der Waals surface area (Å²) < 4.78 is 6.21. The lowest BCUT2D eigenvalue weighted by Gasteiger charge is -2.22. The number of nitrogens with zero attached hydrogens (tertiary/aromatic N) is 1. The molecule has 0 spiro atoms. The number of thiophene rings is 1. The van der Waals surface area contributed by atoms with Gasteiger partial charge in [0.1, 0.15) is 10.6 Å². The molecule has 1 amide bonds. The van der Waals surface area contributed by atoms with Crippen LogP contribution in [0.2, 0.25) is 0 Å². The predicted octanol–water partition coefficient (Wildman–Crippen LogP) is 3.61. The molecule has 4 nitrogen and oxygen atoms in total. The van der Waals surface area contributed by atoms with Gasteiger partial charge >= 0.3 is 0 Å². The summed E-state index contributed by atoms with van der Waals surface area (Å²) in [6.07, 6.45) is 0. The van der Waals surface area contributed by atoms with Gasteiger partial charge in [0.25, 0.3) is 5.91 Å². The van der Waals surface area contributed by atoms with E-state index in [9.17, 15) is 4.79 Å². The maximum atomic E-state index is 12.7. The van der Waals surface area contributed by atoms with Gasteiger partial charge in [-0.25, -0.2) is 0 Å². The molecule has 2 aromatic rings. The van der Waals surface area contributed by atoms with Crippen molar-refractivity contribution in [2.75, 3.05) is 25.9 Å². The summed E-state index contributed by atoms with van der Waals surface area (Å²) in [4.78, 5) is 15.2. The number of rotatable bonds is 5. The maximum absolute atomic E-state index is 12.7. The van der Waals surface area contributed by atoms with E-state index in [-0.39, 0.29) is 5.91 Å². The number of nitrogen functional groups attached to an aromatic ring is 1. The van der Waals surface area contributed by atoms with Gasteiger partial charge in [-0.05, 0) is 31.0 Å². The molecule has 114 valence electrons. The molecule has 0 fully saturated rings. The average molecular weight is 306 g/mol. The van der Waals surface area contributed by atoms with Crippen molar-refractivity contribution in [3.8, 4) is 5.75 Å². The average Bonchev–Trinajstić information content (AvgIpc) is 2.80. The number of carbonyl (C=O) groups is 1. The molecule has 5 heteroatoms. The van der Waals surface area contributed by atoms with Gasteiger partial charge in [0.15, 0.2) is 0 Å². The summed E-state index contributed by atoms with van der Waals surface area (Å²) in [5, 5.41) is 0.921. The van der Waals surface area contributed by atoms with Crippen LogP contribution in [0.5, 0.6) is 5.75 Å². The van der Waals surface area contributed by atoms with Crippen LogP contribution in [0.25, 0.3) is 10.1 Å². The zero-order valence-electron chi connectivity index (χ0n) is 13.0. The van der Waals surface area contributed by atoms with Gasteiger partial charge in [-0.2, -0.15) is 0 Å². The molecule has 1 heterocycles. The number of hydrogen-bond acceptors (Lipinski definition) is 4. The van der Waals surface area contributed by atoms with Gasteiger partial charge in [0.05, 0.1) is 12.8 Å². The van der Waals surface area contributed by atoms with Crippen LogP contribution in [0.1, 0.15) is 30.4 Å². The fraction of sp³-hybridized carbons (Fsp3) is 0.438. The number of hydrogen-bond donors (Lipinski definition) is 1. The lowest BCUT2D eigenvalue weighted by Crippen LogP contribution is -2.33. The number of benzene rings is 1. The van der Waals surface area contributed by atoms with Crippen LogP contribution in [0, 0.1) is 5.92 Å². The second-order valence-corrected chi connectivity index (χ2v) is 6.50. The van der Waals surface area contributed by atoms with Crippen molar-refractivity contribution in [3.05, 3.63) is 23.1 Å². The molecule has 0 saturated heterocycles. The van der Waals surface area contributed by atoms with Crippen molar-refractivity contribution in [2.24, 2.45) is 5.92 Å². The second kappa shape index (κ2) is 6.35. The predicted molar refractivity (Wildman–Crippen MR) is 89.2 cm³/mol. The van der Waals surface area contributed by atoms with Crippen molar-refractivity contribution in [3.63, 3.8) is 0 Å². The first-order valence-corrected chi connectivity index (χ1v) is 7.94. The highest BCUT2D eigenvalue weighted by Crippen LogP contribution is 2.36. The third kappa shape index (κ3) is 3.13. The Hall–Kier alpha value is -1.75. The van der Waals surface area contributed by atoms with E-state index in [1.807, 2.05) is 30.0 Å².